The SMILES string of the molecule is O=[N+]([O-])c1cc(C#CCCl)ccc1Cl. The van der Waals surface area contributed by atoms with Crippen LogP contribution in [0.1, 0.15) is 5.56 Å². The fourth-order valence-electron chi connectivity index (χ4n) is 0.866. The summed E-state index contributed by atoms with van der Waals surface area (Å²) in [6, 6.07) is 4.37. The summed E-state index contributed by atoms with van der Waals surface area (Å²) in [4.78, 5) is 9.95. The number of nitro groups is 1. The lowest BCUT2D eigenvalue weighted by molar-refractivity contribution is -0.384. The molecular weight excluding hydrogens is 225 g/mol. The number of halogens is 2. The van der Waals surface area contributed by atoms with Gasteiger partial charge in [0.25, 0.3) is 5.69 Å². The van der Waals surface area contributed by atoms with Crippen molar-refractivity contribution in [2.75, 3.05) is 5.88 Å². The van der Waals surface area contributed by atoms with Gasteiger partial charge in [-0.05, 0) is 12.1 Å². The second kappa shape index (κ2) is 4.85. The molecule has 0 spiro atoms. The van der Waals surface area contributed by atoms with Crippen LogP contribution in [-0.2, 0) is 0 Å². The van der Waals surface area contributed by atoms with E-state index >= 15 is 0 Å². The number of nitrogens with zero attached hydrogens (tertiary/aromatic N) is 1. The first kappa shape index (κ1) is 10.8. The zero-order valence-electron chi connectivity index (χ0n) is 6.96. The van der Waals surface area contributed by atoms with E-state index in [1.807, 2.05) is 0 Å². The average molecular weight is 230 g/mol. The summed E-state index contributed by atoms with van der Waals surface area (Å²) in [5, 5.41) is 10.6. The molecule has 14 heavy (non-hydrogen) atoms. The maximum Gasteiger partial charge on any atom is 0.289 e. The highest BCUT2D eigenvalue weighted by Gasteiger charge is 2.11. The van der Waals surface area contributed by atoms with Crippen LogP contribution in [0.25, 0.3) is 0 Å². The summed E-state index contributed by atoms with van der Waals surface area (Å²) in [5.74, 6) is 5.46. The Morgan fingerprint density at radius 2 is 2.21 bits per heavy atom. The van der Waals surface area contributed by atoms with E-state index in [2.05, 4.69) is 11.8 Å². The first-order chi connectivity index (χ1) is 6.65. The molecule has 0 aliphatic carbocycles. The van der Waals surface area contributed by atoms with Crippen molar-refractivity contribution < 1.29 is 4.92 Å². The van der Waals surface area contributed by atoms with Crippen LogP contribution in [0.3, 0.4) is 0 Å². The number of hydrogen-bond acceptors (Lipinski definition) is 2. The number of hydrogen-bond donors (Lipinski definition) is 0. The predicted octanol–water partition coefficient (Wildman–Crippen LogP) is 2.84. The second-order valence-corrected chi connectivity index (χ2v) is 3.03. The maximum absolute atomic E-state index is 10.5. The minimum Gasteiger partial charge on any atom is -0.258 e. The highest BCUT2D eigenvalue weighted by atomic mass is 35.5. The summed E-state index contributed by atoms with van der Waals surface area (Å²) >= 11 is 11.0. The first-order valence-corrected chi connectivity index (χ1v) is 4.55. The second-order valence-electron chi connectivity index (χ2n) is 2.36. The van der Waals surface area contributed by atoms with E-state index < -0.39 is 4.92 Å². The summed E-state index contributed by atoms with van der Waals surface area (Å²) in [6.45, 7) is 0. The molecule has 72 valence electrons. The van der Waals surface area contributed by atoms with E-state index in [0.717, 1.165) is 0 Å². The van der Waals surface area contributed by atoms with Crippen molar-refractivity contribution in [3.05, 3.63) is 38.9 Å². The Morgan fingerprint density at radius 3 is 2.79 bits per heavy atom. The van der Waals surface area contributed by atoms with Crippen LogP contribution in [0, 0.1) is 22.0 Å². The van der Waals surface area contributed by atoms with Crippen LogP contribution < -0.4 is 0 Å². The van der Waals surface area contributed by atoms with Gasteiger partial charge in [-0.25, -0.2) is 0 Å². The van der Waals surface area contributed by atoms with E-state index in [1.165, 1.54) is 12.1 Å². The lowest BCUT2D eigenvalue weighted by Crippen LogP contribution is -1.89. The molecule has 3 nitrogen and oxygen atoms in total. The molecule has 0 saturated carbocycles. The number of alkyl halides is 1. The van der Waals surface area contributed by atoms with Gasteiger partial charge in [-0.15, -0.1) is 11.6 Å². The molecule has 0 aliphatic rings. The number of benzene rings is 1. The van der Waals surface area contributed by atoms with Gasteiger partial charge in [-0.3, -0.25) is 10.1 Å². The maximum atomic E-state index is 10.5. The third kappa shape index (κ3) is 2.63. The fourth-order valence-corrected chi connectivity index (χ4v) is 1.12. The highest BCUT2D eigenvalue weighted by molar-refractivity contribution is 6.32. The average Bonchev–Trinajstić information content (AvgIpc) is 2.16. The zero-order valence-corrected chi connectivity index (χ0v) is 8.47. The molecule has 0 amide bonds. The van der Waals surface area contributed by atoms with Crippen molar-refractivity contribution >= 4 is 28.9 Å². The Hall–Kier alpha value is -1.24. The lowest BCUT2D eigenvalue weighted by Gasteiger charge is -1.94. The summed E-state index contributed by atoms with van der Waals surface area (Å²) < 4.78 is 0. The van der Waals surface area contributed by atoms with Crippen molar-refractivity contribution in [2.45, 2.75) is 0 Å². The van der Waals surface area contributed by atoms with Crippen molar-refractivity contribution in [1.29, 1.82) is 0 Å². The molecule has 1 aromatic carbocycles. The van der Waals surface area contributed by atoms with Gasteiger partial charge in [-0.1, -0.05) is 23.4 Å². The number of nitro benzene ring substituents is 1. The molecule has 0 fully saturated rings. The normalized spacial score (nSPS) is 9.00. The Bertz CT molecular complexity index is 421. The van der Waals surface area contributed by atoms with Gasteiger partial charge < -0.3 is 0 Å². The van der Waals surface area contributed by atoms with E-state index in [0.29, 0.717) is 5.56 Å². The minimum atomic E-state index is -0.547. The van der Waals surface area contributed by atoms with Crippen LogP contribution in [-0.4, -0.2) is 10.8 Å². The molecule has 0 N–H and O–H groups in total. The first-order valence-electron chi connectivity index (χ1n) is 3.64. The largest absolute Gasteiger partial charge is 0.289 e. The minimum absolute atomic E-state index is 0.103. The Kier molecular flexibility index (Phi) is 3.75. The van der Waals surface area contributed by atoms with Gasteiger partial charge in [0.05, 0.1) is 10.8 Å². The van der Waals surface area contributed by atoms with Gasteiger partial charge in [0.1, 0.15) is 5.02 Å². The molecule has 0 atom stereocenters. The summed E-state index contributed by atoms with van der Waals surface area (Å²) in [7, 11) is 0. The lowest BCUT2D eigenvalue weighted by atomic mass is 10.2. The van der Waals surface area contributed by atoms with Crippen molar-refractivity contribution in [3.8, 4) is 11.8 Å². The summed E-state index contributed by atoms with van der Waals surface area (Å²) in [6.07, 6.45) is 0. The van der Waals surface area contributed by atoms with Crippen LogP contribution in [0.2, 0.25) is 5.02 Å². The van der Waals surface area contributed by atoms with Crippen LogP contribution in [0.5, 0.6) is 0 Å². The molecule has 0 aliphatic heterocycles. The van der Waals surface area contributed by atoms with Gasteiger partial charge in [0, 0.05) is 11.6 Å². The molecule has 0 bridgehead atoms. The molecule has 0 unspecified atom stereocenters. The van der Waals surface area contributed by atoms with Crippen molar-refractivity contribution in [2.24, 2.45) is 0 Å². The molecule has 0 aromatic heterocycles. The van der Waals surface area contributed by atoms with Crippen LogP contribution >= 0.6 is 23.2 Å². The topological polar surface area (TPSA) is 43.1 Å². The fraction of sp³-hybridized carbons (Fsp3) is 0.111. The molecular formula is C9H5Cl2NO2. The molecule has 0 saturated heterocycles. The van der Waals surface area contributed by atoms with E-state index in [-0.39, 0.29) is 16.6 Å². The van der Waals surface area contributed by atoms with Crippen molar-refractivity contribution in [3.63, 3.8) is 0 Å². The van der Waals surface area contributed by atoms with E-state index in [1.54, 1.807) is 6.07 Å². The third-order valence-electron chi connectivity index (χ3n) is 1.44. The van der Waals surface area contributed by atoms with E-state index in [9.17, 15) is 10.1 Å². The van der Waals surface area contributed by atoms with Crippen molar-refractivity contribution in [1.82, 2.24) is 0 Å². The predicted molar refractivity (Wildman–Crippen MR) is 55.7 cm³/mol. The number of rotatable bonds is 1. The molecule has 1 aromatic rings. The highest BCUT2D eigenvalue weighted by Crippen LogP contribution is 2.24. The van der Waals surface area contributed by atoms with Gasteiger partial charge >= 0.3 is 0 Å². The monoisotopic (exact) mass is 229 g/mol. The van der Waals surface area contributed by atoms with Gasteiger partial charge in [0.15, 0.2) is 0 Å². The quantitative estimate of drug-likeness (QED) is 0.322. The molecule has 0 radical (unpaired) electrons. The zero-order chi connectivity index (χ0) is 10.6. The standard InChI is InChI=1S/C9H5Cl2NO2/c10-5-1-2-7-3-4-8(11)9(6-7)12(13)14/h3-4,6H,5H2. The smallest absolute Gasteiger partial charge is 0.258 e. The molecule has 0 heterocycles. The van der Waals surface area contributed by atoms with Crippen LogP contribution in [0.15, 0.2) is 18.2 Å². The summed E-state index contributed by atoms with van der Waals surface area (Å²) in [5.41, 5.74) is 0.384. The third-order valence-corrected chi connectivity index (χ3v) is 1.90. The van der Waals surface area contributed by atoms with Crippen LogP contribution in [0.4, 0.5) is 5.69 Å². The Balaban J connectivity index is 3.13. The Labute approximate surface area is 90.8 Å². The molecule has 5 heteroatoms. The van der Waals surface area contributed by atoms with Gasteiger partial charge in [-0.2, -0.15) is 0 Å². The molecule has 1 rings (SSSR count). The Morgan fingerprint density at radius 1 is 1.50 bits per heavy atom. The van der Waals surface area contributed by atoms with Gasteiger partial charge in [0.2, 0.25) is 0 Å². The van der Waals surface area contributed by atoms with E-state index in [4.69, 9.17) is 23.2 Å².